The molecule has 2 aliphatic carbocycles. The zero-order valence-electron chi connectivity index (χ0n) is 16.3. The SMILES string of the molecule is N#CC1(NC(=O)[C@H](CC(F)(F)CC2CC2)N(CC(F)(F)F)c2ccc(F)c(F)c2)CC1. The van der Waals surface area contributed by atoms with E-state index in [9.17, 15) is 35.5 Å². The van der Waals surface area contributed by atoms with Crippen molar-refractivity contribution in [3.8, 4) is 6.07 Å². The third kappa shape index (κ3) is 6.24. The van der Waals surface area contributed by atoms with E-state index in [1.54, 1.807) is 0 Å². The van der Waals surface area contributed by atoms with E-state index in [0.717, 1.165) is 6.07 Å². The number of nitriles is 1. The molecule has 1 aromatic rings. The first-order valence-electron chi connectivity index (χ1n) is 9.73. The molecular formula is C20H20F7N3O. The van der Waals surface area contributed by atoms with Gasteiger partial charge in [0.25, 0.3) is 5.92 Å². The van der Waals surface area contributed by atoms with E-state index in [0.29, 0.717) is 29.9 Å². The lowest BCUT2D eigenvalue weighted by Gasteiger charge is -2.35. The summed E-state index contributed by atoms with van der Waals surface area (Å²) in [5, 5.41) is 11.4. The molecule has 2 saturated carbocycles. The van der Waals surface area contributed by atoms with E-state index in [1.165, 1.54) is 0 Å². The minimum Gasteiger partial charge on any atom is -0.350 e. The Morgan fingerprint density at radius 3 is 2.32 bits per heavy atom. The lowest BCUT2D eigenvalue weighted by atomic mass is 9.99. The smallest absolute Gasteiger partial charge is 0.350 e. The number of nitrogens with one attached hydrogen (secondary N) is 1. The molecule has 1 atom stereocenters. The first kappa shape index (κ1) is 23.2. The average Bonchev–Trinajstić information content (AvgIpc) is 3.57. The molecule has 0 radical (unpaired) electrons. The number of carbonyl (C=O) groups is 1. The predicted molar refractivity (Wildman–Crippen MR) is 96.2 cm³/mol. The van der Waals surface area contributed by atoms with Crippen molar-refractivity contribution in [3.05, 3.63) is 29.8 Å². The van der Waals surface area contributed by atoms with Crippen LogP contribution in [0.25, 0.3) is 0 Å². The predicted octanol–water partition coefficient (Wildman–Crippen LogP) is 4.70. The van der Waals surface area contributed by atoms with Gasteiger partial charge < -0.3 is 10.2 Å². The second-order valence-corrected chi connectivity index (χ2v) is 8.25. The number of carbonyl (C=O) groups excluding carboxylic acids is 1. The number of halogens is 7. The topological polar surface area (TPSA) is 56.1 Å². The van der Waals surface area contributed by atoms with Crippen LogP contribution in [-0.2, 0) is 4.79 Å². The monoisotopic (exact) mass is 451 g/mol. The minimum atomic E-state index is -4.93. The summed E-state index contributed by atoms with van der Waals surface area (Å²) >= 11 is 0. The third-order valence-corrected chi connectivity index (χ3v) is 5.37. The van der Waals surface area contributed by atoms with Crippen molar-refractivity contribution in [1.82, 2.24) is 5.32 Å². The molecule has 1 amide bonds. The Morgan fingerprint density at radius 1 is 1.19 bits per heavy atom. The van der Waals surface area contributed by atoms with Crippen LogP contribution in [0.15, 0.2) is 18.2 Å². The summed E-state index contributed by atoms with van der Waals surface area (Å²) in [6.45, 7) is -1.84. The van der Waals surface area contributed by atoms with Gasteiger partial charge in [-0.15, -0.1) is 0 Å². The fraction of sp³-hybridized carbons (Fsp3) is 0.600. The fourth-order valence-electron chi connectivity index (χ4n) is 3.40. The Labute approximate surface area is 174 Å². The second kappa shape index (κ2) is 8.20. The largest absolute Gasteiger partial charge is 0.405 e. The van der Waals surface area contributed by atoms with E-state index < -0.39 is 66.3 Å². The lowest BCUT2D eigenvalue weighted by Crippen LogP contribution is -2.54. The first-order chi connectivity index (χ1) is 14.3. The van der Waals surface area contributed by atoms with Gasteiger partial charge in [0.2, 0.25) is 5.91 Å². The molecule has 0 aromatic heterocycles. The third-order valence-electron chi connectivity index (χ3n) is 5.37. The lowest BCUT2D eigenvalue weighted by molar-refractivity contribution is -0.131. The van der Waals surface area contributed by atoms with Crippen LogP contribution in [0.3, 0.4) is 0 Å². The van der Waals surface area contributed by atoms with Crippen LogP contribution in [0.1, 0.15) is 38.5 Å². The van der Waals surface area contributed by atoms with Gasteiger partial charge in [-0.1, -0.05) is 0 Å². The highest BCUT2D eigenvalue weighted by Gasteiger charge is 2.49. The summed E-state index contributed by atoms with van der Waals surface area (Å²) in [7, 11) is 0. The number of nitrogens with zero attached hydrogens (tertiary/aromatic N) is 2. The van der Waals surface area contributed by atoms with Crippen LogP contribution in [0.2, 0.25) is 0 Å². The summed E-state index contributed by atoms with van der Waals surface area (Å²) in [5.41, 5.74) is -1.88. The molecule has 0 aliphatic heterocycles. The van der Waals surface area contributed by atoms with Crippen LogP contribution in [0.4, 0.5) is 36.4 Å². The van der Waals surface area contributed by atoms with Gasteiger partial charge in [0.05, 0.1) is 6.07 Å². The molecule has 2 aliphatic rings. The second-order valence-electron chi connectivity index (χ2n) is 8.25. The van der Waals surface area contributed by atoms with Crippen LogP contribution in [-0.4, -0.2) is 36.1 Å². The summed E-state index contributed by atoms with van der Waals surface area (Å²) in [5.74, 6) is -7.74. The molecule has 0 spiro atoms. The van der Waals surface area contributed by atoms with Crippen molar-refractivity contribution >= 4 is 11.6 Å². The number of hydrogen-bond acceptors (Lipinski definition) is 3. The zero-order chi connectivity index (χ0) is 23.0. The molecule has 31 heavy (non-hydrogen) atoms. The Bertz CT molecular complexity index is 873. The standard InChI is InChI=1S/C20H20F7N3O/c21-14-4-3-13(7-15(14)22)30(11-20(25,26)27)16(9-19(23,24)8-12-1-2-12)17(31)29-18(10-28)5-6-18/h3-4,7,12,16H,1-2,5-6,8-9,11H2,(H,29,31)/t16-/m0/s1. The molecule has 170 valence electrons. The van der Waals surface area contributed by atoms with Crippen molar-refractivity contribution < 1.29 is 35.5 Å². The van der Waals surface area contributed by atoms with Crippen molar-refractivity contribution in [2.24, 2.45) is 5.92 Å². The molecule has 1 aromatic carbocycles. The van der Waals surface area contributed by atoms with Crippen molar-refractivity contribution in [3.63, 3.8) is 0 Å². The Morgan fingerprint density at radius 2 is 1.84 bits per heavy atom. The summed E-state index contributed by atoms with van der Waals surface area (Å²) in [4.78, 5) is 13.1. The van der Waals surface area contributed by atoms with Crippen LogP contribution < -0.4 is 10.2 Å². The van der Waals surface area contributed by atoms with E-state index in [1.807, 2.05) is 6.07 Å². The van der Waals surface area contributed by atoms with Crippen molar-refractivity contribution in [1.29, 1.82) is 5.26 Å². The summed E-state index contributed by atoms with van der Waals surface area (Å²) in [6, 6.07) is 1.55. The molecule has 0 heterocycles. The normalized spacial score (nSPS) is 18.8. The van der Waals surface area contributed by atoms with Gasteiger partial charge in [-0.2, -0.15) is 18.4 Å². The number of hydrogen-bond donors (Lipinski definition) is 1. The van der Waals surface area contributed by atoms with Gasteiger partial charge in [0.15, 0.2) is 11.6 Å². The number of amides is 1. The van der Waals surface area contributed by atoms with Gasteiger partial charge >= 0.3 is 6.18 Å². The van der Waals surface area contributed by atoms with Gasteiger partial charge in [-0.25, -0.2) is 17.6 Å². The van der Waals surface area contributed by atoms with Gasteiger partial charge in [-0.3, -0.25) is 4.79 Å². The van der Waals surface area contributed by atoms with Crippen LogP contribution in [0.5, 0.6) is 0 Å². The highest BCUT2D eigenvalue weighted by atomic mass is 19.4. The molecule has 0 unspecified atom stereocenters. The van der Waals surface area contributed by atoms with Gasteiger partial charge in [0.1, 0.15) is 18.1 Å². The van der Waals surface area contributed by atoms with Crippen molar-refractivity contribution in [2.45, 2.75) is 62.2 Å². The average molecular weight is 451 g/mol. The molecule has 0 saturated heterocycles. The molecule has 1 N–H and O–H groups in total. The molecule has 2 fully saturated rings. The molecule has 4 nitrogen and oxygen atoms in total. The number of alkyl halides is 5. The molecule has 0 bridgehead atoms. The molecule has 3 rings (SSSR count). The van der Waals surface area contributed by atoms with E-state index in [4.69, 9.17) is 5.26 Å². The fourth-order valence-corrected chi connectivity index (χ4v) is 3.40. The van der Waals surface area contributed by atoms with Crippen LogP contribution in [0, 0.1) is 28.9 Å². The minimum absolute atomic E-state index is 0.241. The van der Waals surface area contributed by atoms with E-state index in [2.05, 4.69) is 5.32 Å². The number of rotatable bonds is 9. The van der Waals surface area contributed by atoms with Gasteiger partial charge in [-0.05, 0) is 43.7 Å². The highest BCUT2D eigenvalue weighted by Crippen LogP contribution is 2.42. The van der Waals surface area contributed by atoms with Crippen molar-refractivity contribution in [2.75, 3.05) is 11.4 Å². The van der Waals surface area contributed by atoms with E-state index >= 15 is 0 Å². The number of benzene rings is 1. The zero-order valence-corrected chi connectivity index (χ0v) is 16.3. The highest BCUT2D eigenvalue weighted by molar-refractivity contribution is 5.87. The maximum atomic E-state index is 14.6. The molecule has 11 heteroatoms. The van der Waals surface area contributed by atoms with Crippen LogP contribution >= 0.6 is 0 Å². The Kier molecular flexibility index (Phi) is 6.13. The van der Waals surface area contributed by atoms with E-state index in [-0.39, 0.29) is 18.8 Å². The first-order valence-corrected chi connectivity index (χ1v) is 9.73. The Hall–Kier alpha value is -2.51. The number of anilines is 1. The quantitative estimate of drug-likeness (QED) is 0.554. The maximum Gasteiger partial charge on any atom is 0.405 e. The molecular weight excluding hydrogens is 431 g/mol. The summed E-state index contributed by atoms with van der Waals surface area (Å²) < 4.78 is 96.1. The maximum absolute atomic E-state index is 14.6. The Balaban J connectivity index is 1.96. The van der Waals surface area contributed by atoms with Gasteiger partial charge in [0, 0.05) is 24.6 Å². The summed E-state index contributed by atoms with van der Waals surface area (Å²) in [6.07, 6.45) is -5.15.